The van der Waals surface area contributed by atoms with Gasteiger partial charge in [0.15, 0.2) is 5.78 Å². The lowest BCUT2D eigenvalue weighted by atomic mass is 9.99. The molecule has 0 N–H and O–H groups in total. The molecule has 3 nitrogen and oxygen atoms in total. The largest absolute Gasteiger partial charge is 0.423 e. The van der Waals surface area contributed by atoms with E-state index in [4.69, 9.17) is 4.42 Å². The summed E-state index contributed by atoms with van der Waals surface area (Å²) in [6.07, 6.45) is 0.0513. The number of fused-ring (bicyclic) bond motifs is 1. The highest BCUT2D eigenvalue weighted by Crippen LogP contribution is 2.15. The first-order valence-corrected chi connectivity index (χ1v) is 7.17. The molecule has 0 fully saturated rings. The summed E-state index contributed by atoms with van der Waals surface area (Å²) in [5.41, 5.74) is 3.31. The number of hydrogen-bond donors (Lipinski definition) is 0. The van der Waals surface area contributed by atoms with E-state index in [-0.39, 0.29) is 12.2 Å². The summed E-state index contributed by atoms with van der Waals surface area (Å²) in [7, 11) is 0. The van der Waals surface area contributed by atoms with Crippen LogP contribution in [0.15, 0.2) is 57.7 Å². The van der Waals surface area contributed by atoms with Crippen molar-refractivity contribution < 1.29 is 9.21 Å². The second kappa shape index (κ2) is 5.60. The topological polar surface area (TPSA) is 47.3 Å². The lowest BCUT2D eigenvalue weighted by Gasteiger charge is -2.05. The molecule has 1 aromatic heterocycles. The molecule has 0 aliphatic carbocycles. The van der Waals surface area contributed by atoms with E-state index in [1.807, 2.05) is 44.2 Å². The van der Waals surface area contributed by atoms with Gasteiger partial charge in [0.25, 0.3) is 0 Å². The first-order valence-electron chi connectivity index (χ1n) is 7.17. The fourth-order valence-electron chi connectivity index (χ4n) is 2.42. The Morgan fingerprint density at radius 2 is 1.77 bits per heavy atom. The van der Waals surface area contributed by atoms with Crippen LogP contribution in [0.4, 0.5) is 0 Å². The monoisotopic (exact) mass is 292 g/mol. The van der Waals surface area contributed by atoms with Crippen molar-refractivity contribution in [2.45, 2.75) is 20.3 Å². The molecule has 3 heteroatoms. The number of para-hydroxylation sites is 1. The molecule has 0 radical (unpaired) electrons. The smallest absolute Gasteiger partial charge is 0.339 e. The third-order valence-electron chi connectivity index (χ3n) is 3.89. The Bertz CT molecular complexity index is 919. The minimum absolute atomic E-state index is 0.0513. The van der Waals surface area contributed by atoms with Crippen molar-refractivity contribution in [2.75, 3.05) is 0 Å². The van der Waals surface area contributed by atoms with Gasteiger partial charge in [-0.25, -0.2) is 4.79 Å². The Hall–Kier alpha value is -2.68. The van der Waals surface area contributed by atoms with Crippen LogP contribution in [0.25, 0.3) is 11.0 Å². The fraction of sp³-hybridized carbons (Fsp3) is 0.158. The summed E-state index contributed by atoms with van der Waals surface area (Å²) >= 11 is 0. The molecule has 110 valence electrons. The summed E-state index contributed by atoms with van der Waals surface area (Å²) < 4.78 is 5.26. The maximum Gasteiger partial charge on any atom is 0.339 e. The molecule has 0 bridgehead atoms. The van der Waals surface area contributed by atoms with Crippen molar-refractivity contribution in [3.8, 4) is 0 Å². The van der Waals surface area contributed by atoms with Gasteiger partial charge in [-0.15, -0.1) is 0 Å². The molecule has 3 rings (SSSR count). The molecular weight excluding hydrogens is 276 g/mol. The Kier molecular flexibility index (Phi) is 3.63. The maximum atomic E-state index is 12.4. The van der Waals surface area contributed by atoms with Crippen LogP contribution >= 0.6 is 0 Å². The Morgan fingerprint density at radius 3 is 2.55 bits per heavy atom. The summed E-state index contributed by atoms with van der Waals surface area (Å²) in [6, 6.07) is 14.6. The molecule has 0 spiro atoms. The minimum atomic E-state index is -0.448. The van der Waals surface area contributed by atoms with Crippen molar-refractivity contribution in [3.05, 3.63) is 81.2 Å². The SMILES string of the molecule is Cc1ccc(C(=O)Cc2cc3ccccc3oc2=O)cc1C. The number of rotatable bonds is 3. The van der Waals surface area contributed by atoms with Gasteiger partial charge in [-0.05, 0) is 43.2 Å². The van der Waals surface area contributed by atoms with Gasteiger partial charge in [0, 0.05) is 22.9 Å². The third kappa shape index (κ3) is 2.70. The van der Waals surface area contributed by atoms with E-state index in [0.717, 1.165) is 16.5 Å². The first-order chi connectivity index (χ1) is 10.5. The molecule has 0 atom stereocenters. The van der Waals surface area contributed by atoms with E-state index in [0.29, 0.717) is 16.7 Å². The Balaban J connectivity index is 1.95. The van der Waals surface area contributed by atoms with Gasteiger partial charge in [0.1, 0.15) is 5.58 Å². The number of carbonyl (C=O) groups excluding carboxylic acids is 1. The van der Waals surface area contributed by atoms with Crippen LogP contribution in [0.2, 0.25) is 0 Å². The lowest BCUT2D eigenvalue weighted by molar-refractivity contribution is 0.0992. The lowest BCUT2D eigenvalue weighted by Crippen LogP contribution is -2.13. The van der Waals surface area contributed by atoms with Crippen LogP contribution in [0.1, 0.15) is 27.0 Å². The molecule has 3 aromatic rings. The second-order valence-corrected chi connectivity index (χ2v) is 5.50. The van der Waals surface area contributed by atoms with E-state index < -0.39 is 5.63 Å². The summed E-state index contributed by atoms with van der Waals surface area (Å²) in [4.78, 5) is 24.4. The highest BCUT2D eigenvalue weighted by atomic mass is 16.4. The van der Waals surface area contributed by atoms with Crippen molar-refractivity contribution in [2.24, 2.45) is 0 Å². The van der Waals surface area contributed by atoms with Crippen molar-refractivity contribution in [3.63, 3.8) is 0 Å². The number of Topliss-reactive ketones (excluding diaryl/α,β-unsaturated/α-hetero) is 1. The molecule has 0 aliphatic heterocycles. The average molecular weight is 292 g/mol. The first kappa shape index (κ1) is 14.3. The number of ketones is 1. The Labute approximate surface area is 128 Å². The number of benzene rings is 2. The van der Waals surface area contributed by atoms with Crippen molar-refractivity contribution in [1.82, 2.24) is 0 Å². The molecule has 0 unspecified atom stereocenters. The number of aryl methyl sites for hydroxylation is 2. The maximum absolute atomic E-state index is 12.4. The van der Waals surface area contributed by atoms with Gasteiger partial charge in [-0.2, -0.15) is 0 Å². The summed E-state index contributed by atoms with van der Waals surface area (Å²) in [6.45, 7) is 3.97. The number of hydrogen-bond acceptors (Lipinski definition) is 3. The zero-order valence-corrected chi connectivity index (χ0v) is 12.6. The van der Waals surface area contributed by atoms with E-state index in [1.165, 1.54) is 0 Å². The minimum Gasteiger partial charge on any atom is -0.423 e. The highest BCUT2D eigenvalue weighted by molar-refractivity contribution is 5.98. The third-order valence-corrected chi connectivity index (χ3v) is 3.89. The van der Waals surface area contributed by atoms with Crippen LogP contribution in [0, 0.1) is 13.8 Å². The normalized spacial score (nSPS) is 10.8. The summed E-state index contributed by atoms with van der Waals surface area (Å²) in [5.74, 6) is -0.0781. The average Bonchev–Trinajstić information content (AvgIpc) is 2.50. The molecule has 22 heavy (non-hydrogen) atoms. The van der Waals surface area contributed by atoms with E-state index >= 15 is 0 Å². The molecule has 1 heterocycles. The van der Waals surface area contributed by atoms with Crippen LogP contribution in [-0.2, 0) is 6.42 Å². The summed E-state index contributed by atoms with van der Waals surface area (Å²) in [5, 5.41) is 0.824. The van der Waals surface area contributed by atoms with Gasteiger partial charge in [-0.3, -0.25) is 4.79 Å². The Morgan fingerprint density at radius 1 is 1.00 bits per heavy atom. The standard InChI is InChI=1S/C19H16O3/c1-12-7-8-14(9-13(12)2)17(20)11-16-10-15-5-3-4-6-18(15)22-19(16)21/h3-10H,11H2,1-2H3. The van der Waals surface area contributed by atoms with Crippen LogP contribution in [-0.4, -0.2) is 5.78 Å². The molecule has 2 aromatic carbocycles. The zero-order chi connectivity index (χ0) is 15.7. The predicted octanol–water partition coefficient (Wildman–Crippen LogP) is 3.84. The van der Waals surface area contributed by atoms with E-state index in [2.05, 4.69) is 0 Å². The zero-order valence-electron chi connectivity index (χ0n) is 12.6. The van der Waals surface area contributed by atoms with Crippen molar-refractivity contribution >= 4 is 16.8 Å². The van der Waals surface area contributed by atoms with Crippen LogP contribution in [0.5, 0.6) is 0 Å². The molecular formula is C19H16O3. The molecule has 0 saturated heterocycles. The van der Waals surface area contributed by atoms with Gasteiger partial charge in [-0.1, -0.05) is 30.3 Å². The fourth-order valence-corrected chi connectivity index (χ4v) is 2.42. The van der Waals surface area contributed by atoms with Gasteiger partial charge < -0.3 is 4.42 Å². The van der Waals surface area contributed by atoms with E-state index in [9.17, 15) is 9.59 Å². The van der Waals surface area contributed by atoms with E-state index in [1.54, 1.807) is 18.2 Å². The van der Waals surface area contributed by atoms with Gasteiger partial charge in [0.05, 0.1) is 0 Å². The van der Waals surface area contributed by atoms with Gasteiger partial charge in [0.2, 0.25) is 0 Å². The molecule has 0 amide bonds. The predicted molar refractivity (Wildman–Crippen MR) is 86.4 cm³/mol. The van der Waals surface area contributed by atoms with Gasteiger partial charge >= 0.3 is 5.63 Å². The van der Waals surface area contributed by atoms with Crippen LogP contribution in [0.3, 0.4) is 0 Å². The second-order valence-electron chi connectivity index (χ2n) is 5.50. The van der Waals surface area contributed by atoms with Crippen LogP contribution < -0.4 is 5.63 Å². The van der Waals surface area contributed by atoms with Crippen molar-refractivity contribution in [1.29, 1.82) is 0 Å². The quantitative estimate of drug-likeness (QED) is 0.544. The molecule has 0 aliphatic rings. The highest BCUT2D eigenvalue weighted by Gasteiger charge is 2.12. The number of carbonyl (C=O) groups is 1. The molecule has 0 saturated carbocycles.